The van der Waals surface area contributed by atoms with Gasteiger partial charge in [-0.05, 0) is 31.8 Å². The lowest BCUT2D eigenvalue weighted by Gasteiger charge is -2.20. The number of likely N-dealkylation sites (N-methyl/N-ethyl adjacent to an activating group) is 1. The molecule has 0 heterocycles. The molecule has 0 saturated heterocycles. The second-order valence-corrected chi connectivity index (χ2v) is 3.26. The second-order valence-electron chi connectivity index (χ2n) is 3.26. The molecule has 4 heteroatoms. The third kappa shape index (κ3) is 2.29. The first-order chi connectivity index (χ1) is 6.52. The van der Waals surface area contributed by atoms with E-state index in [9.17, 15) is 9.18 Å². The van der Waals surface area contributed by atoms with Crippen molar-refractivity contribution in [2.24, 2.45) is 0 Å². The van der Waals surface area contributed by atoms with Crippen molar-refractivity contribution in [3.05, 3.63) is 35.6 Å². The number of hydrogen-bond donors (Lipinski definition) is 1. The van der Waals surface area contributed by atoms with Crippen molar-refractivity contribution in [3.63, 3.8) is 0 Å². The molecule has 0 aliphatic rings. The zero-order valence-corrected chi connectivity index (χ0v) is 8.07. The molecular formula is C10H12FNO2. The fourth-order valence-corrected chi connectivity index (χ4v) is 1.34. The van der Waals surface area contributed by atoms with Crippen LogP contribution in [-0.2, 0) is 4.79 Å². The summed E-state index contributed by atoms with van der Waals surface area (Å²) in [5.74, 6) is -1.41. The molecule has 3 nitrogen and oxygen atoms in total. The highest BCUT2D eigenvalue weighted by molar-refractivity contribution is 5.75. The zero-order valence-electron chi connectivity index (χ0n) is 8.07. The van der Waals surface area contributed by atoms with Gasteiger partial charge in [0.2, 0.25) is 0 Å². The van der Waals surface area contributed by atoms with Gasteiger partial charge in [-0.3, -0.25) is 9.69 Å². The molecule has 1 unspecified atom stereocenters. The lowest BCUT2D eigenvalue weighted by Crippen LogP contribution is -2.27. The van der Waals surface area contributed by atoms with E-state index in [4.69, 9.17) is 5.11 Å². The van der Waals surface area contributed by atoms with Gasteiger partial charge >= 0.3 is 5.97 Å². The van der Waals surface area contributed by atoms with Gasteiger partial charge in [0.1, 0.15) is 11.9 Å². The molecule has 1 atom stereocenters. The first-order valence-corrected chi connectivity index (χ1v) is 4.17. The molecule has 0 aliphatic carbocycles. The summed E-state index contributed by atoms with van der Waals surface area (Å²) in [5, 5.41) is 8.92. The van der Waals surface area contributed by atoms with Crippen LogP contribution in [0.1, 0.15) is 11.6 Å². The molecule has 76 valence electrons. The number of carbonyl (C=O) groups is 1. The van der Waals surface area contributed by atoms with Crippen LogP contribution in [0.15, 0.2) is 24.3 Å². The molecule has 1 aromatic carbocycles. The highest BCUT2D eigenvalue weighted by Crippen LogP contribution is 2.18. The van der Waals surface area contributed by atoms with Crippen LogP contribution in [0, 0.1) is 5.82 Å². The quantitative estimate of drug-likeness (QED) is 0.798. The fraction of sp³-hybridized carbons (Fsp3) is 0.300. The lowest BCUT2D eigenvalue weighted by atomic mass is 10.1. The average molecular weight is 197 g/mol. The smallest absolute Gasteiger partial charge is 0.325 e. The topological polar surface area (TPSA) is 40.5 Å². The number of halogens is 1. The van der Waals surface area contributed by atoms with Crippen LogP contribution >= 0.6 is 0 Å². The summed E-state index contributed by atoms with van der Waals surface area (Å²) in [5.41, 5.74) is 0.447. The molecule has 1 N–H and O–H groups in total. The van der Waals surface area contributed by atoms with Crippen LogP contribution < -0.4 is 0 Å². The molecule has 0 aliphatic heterocycles. The molecule has 0 spiro atoms. The summed E-state index contributed by atoms with van der Waals surface area (Å²) >= 11 is 0. The zero-order chi connectivity index (χ0) is 10.7. The van der Waals surface area contributed by atoms with Crippen LogP contribution in [0.4, 0.5) is 4.39 Å². The summed E-state index contributed by atoms with van der Waals surface area (Å²) in [6.07, 6.45) is 0. The molecule has 0 saturated carbocycles. The average Bonchev–Trinajstić information content (AvgIpc) is 2.02. The van der Waals surface area contributed by atoms with Crippen LogP contribution in [0.5, 0.6) is 0 Å². The summed E-state index contributed by atoms with van der Waals surface area (Å²) in [6, 6.07) is 4.83. The Morgan fingerprint density at radius 2 is 2.14 bits per heavy atom. The third-order valence-corrected chi connectivity index (χ3v) is 1.91. The number of rotatable bonds is 3. The van der Waals surface area contributed by atoms with Crippen molar-refractivity contribution >= 4 is 5.97 Å². The maximum Gasteiger partial charge on any atom is 0.325 e. The molecule has 1 aromatic rings. The van der Waals surface area contributed by atoms with Crippen molar-refractivity contribution in [1.29, 1.82) is 0 Å². The van der Waals surface area contributed by atoms with Gasteiger partial charge in [-0.15, -0.1) is 0 Å². The maximum absolute atomic E-state index is 12.8. The van der Waals surface area contributed by atoms with Gasteiger partial charge in [-0.2, -0.15) is 0 Å². The Bertz CT molecular complexity index is 339. The van der Waals surface area contributed by atoms with E-state index in [1.165, 1.54) is 23.1 Å². The largest absolute Gasteiger partial charge is 0.480 e. The molecule has 14 heavy (non-hydrogen) atoms. The van der Waals surface area contributed by atoms with Crippen molar-refractivity contribution in [2.75, 3.05) is 14.1 Å². The first-order valence-electron chi connectivity index (χ1n) is 4.17. The van der Waals surface area contributed by atoms with Gasteiger partial charge in [0, 0.05) is 0 Å². The van der Waals surface area contributed by atoms with Gasteiger partial charge < -0.3 is 5.11 Å². The minimum absolute atomic E-state index is 0.421. The Morgan fingerprint density at radius 1 is 1.50 bits per heavy atom. The van der Waals surface area contributed by atoms with E-state index >= 15 is 0 Å². The monoisotopic (exact) mass is 197 g/mol. The third-order valence-electron chi connectivity index (χ3n) is 1.91. The van der Waals surface area contributed by atoms with Crippen LogP contribution in [0.3, 0.4) is 0 Å². The number of nitrogens with zero attached hydrogens (tertiary/aromatic N) is 1. The van der Waals surface area contributed by atoms with Crippen molar-refractivity contribution < 1.29 is 14.3 Å². The Morgan fingerprint density at radius 3 is 2.57 bits per heavy atom. The maximum atomic E-state index is 12.8. The summed E-state index contributed by atoms with van der Waals surface area (Å²) in [7, 11) is 3.29. The Hall–Kier alpha value is -1.42. The van der Waals surface area contributed by atoms with E-state index < -0.39 is 17.8 Å². The van der Waals surface area contributed by atoms with E-state index in [-0.39, 0.29) is 0 Å². The number of aliphatic carboxylic acids is 1. The molecule has 1 rings (SSSR count). The van der Waals surface area contributed by atoms with E-state index in [1.807, 2.05) is 0 Å². The van der Waals surface area contributed by atoms with Crippen LogP contribution in [-0.4, -0.2) is 30.1 Å². The van der Waals surface area contributed by atoms with Gasteiger partial charge in [0.15, 0.2) is 0 Å². The molecule has 0 aromatic heterocycles. The van der Waals surface area contributed by atoms with Crippen molar-refractivity contribution in [1.82, 2.24) is 4.90 Å². The Labute approximate surface area is 81.8 Å². The molecule has 0 fully saturated rings. The predicted molar refractivity (Wildman–Crippen MR) is 50.5 cm³/mol. The van der Waals surface area contributed by atoms with E-state index in [1.54, 1.807) is 20.2 Å². The highest BCUT2D eigenvalue weighted by atomic mass is 19.1. The highest BCUT2D eigenvalue weighted by Gasteiger charge is 2.21. The Balaban J connectivity index is 3.05. The fourth-order valence-electron chi connectivity index (χ4n) is 1.34. The Kier molecular flexibility index (Phi) is 3.19. The van der Waals surface area contributed by atoms with E-state index in [0.717, 1.165) is 0 Å². The van der Waals surface area contributed by atoms with E-state index in [0.29, 0.717) is 5.56 Å². The molecular weight excluding hydrogens is 185 g/mol. The van der Waals surface area contributed by atoms with Gasteiger partial charge in [-0.25, -0.2) is 4.39 Å². The van der Waals surface area contributed by atoms with Gasteiger partial charge in [0.05, 0.1) is 0 Å². The standard InChI is InChI=1S/C10H12FNO2/c1-12(2)9(10(13)14)7-4-3-5-8(11)6-7/h3-6,9H,1-2H3,(H,13,14). The molecule has 0 amide bonds. The van der Waals surface area contributed by atoms with Crippen LogP contribution in [0.25, 0.3) is 0 Å². The van der Waals surface area contributed by atoms with Gasteiger partial charge in [-0.1, -0.05) is 12.1 Å². The minimum Gasteiger partial charge on any atom is -0.480 e. The van der Waals surface area contributed by atoms with Crippen molar-refractivity contribution in [3.8, 4) is 0 Å². The SMILES string of the molecule is CN(C)C(C(=O)O)c1cccc(F)c1. The minimum atomic E-state index is -0.986. The first kappa shape index (κ1) is 10.7. The number of carboxylic acids is 1. The van der Waals surface area contributed by atoms with E-state index in [2.05, 4.69) is 0 Å². The van der Waals surface area contributed by atoms with Crippen molar-refractivity contribution in [2.45, 2.75) is 6.04 Å². The summed E-state index contributed by atoms with van der Waals surface area (Å²) < 4.78 is 12.8. The van der Waals surface area contributed by atoms with Gasteiger partial charge in [0.25, 0.3) is 0 Å². The summed E-state index contributed by atoms with van der Waals surface area (Å²) in [4.78, 5) is 12.4. The second kappa shape index (κ2) is 4.19. The molecule has 0 radical (unpaired) electrons. The van der Waals surface area contributed by atoms with Crippen LogP contribution in [0.2, 0.25) is 0 Å². The normalized spacial score (nSPS) is 12.9. The number of hydrogen-bond acceptors (Lipinski definition) is 2. The summed E-state index contributed by atoms with van der Waals surface area (Å²) in [6.45, 7) is 0. The number of carboxylic acid groups (broad SMARTS) is 1. The predicted octanol–water partition coefficient (Wildman–Crippen LogP) is 1.51. The molecule has 0 bridgehead atoms. The number of benzene rings is 1. The lowest BCUT2D eigenvalue weighted by molar-refractivity contribution is -0.142.